The number of rotatable bonds is 0. The van der Waals surface area contributed by atoms with E-state index in [1.54, 1.807) is 0 Å². The first-order valence-electron chi connectivity index (χ1n) is 1.00. The Bertz CT molecular complexity index is 41.2. The Morgan fingerprint density at radius 3 is 1.75 bits per heavy atom. The molecule has 4 heteroatoms. The van der Waals surface area contributed by atoms with Gasteiger partial charge in [0, 0.05) is 0 Å². The molecule has 0 N–H and O–H groups in total. The SMILES string of the molecule is [Ti]=[Si]1[Si][Si]1. The zero-order chi connectivity index (χ0) is 2.99. The van der Waals surface area contributed by atoms with Crippen molar-refractivity contribution in [3.63, 3.8) is 0 Å². The first kappa shape index (κ1) is 3.55. The van der Waals surface area contributed by atoms with Gasteiger partial charge in [0.05, 0.1) is 0 Å². The van der Waals surface area contributed by atoms with E-state index in [0.717, 1.165) is 0 Å². The van der Waals surface area contributed by atoms with Gasteiger partial charge in [0.15, 0.2) is 0 Å². The van der Waals surface area contributed by atoms with Crippen molar-refractivity contribution in [3.05, 3.63) is 0 Å². The molecule has 0 spiro atoms. The molecule has 0 aromatic rings. The number of hydrogen-bond donors (Lipinski definition) is 0. The van der Waals surface area contributed by atoms with E-state index in [0.29, 0.717) is 5.22 Å². The van der Waals surface area contributed by atoms with Crippen molar-refractivity contribution >= 4 is 22.3 Å². The standard InChI is InChI=1S/Si3.Ti/c1-2-3-1;. The van der Waals surface area contributed by atoms with Crippen molar-refractivity contribution < 1.29 is 19.2 Å². The second kappa shape index (κ2) is 1.22. The molecule has 0 aromatic carbocycles. The Labute approximate surface area is 41.6 Å². The van der Waals surface area contributed by atoms with Crippen LogP contribution in [-0.2, 0) is 19.2 Å². The van der Waals surface area contributed by atoms with Gasteiger partial charge < -0.3 is 0 Å². The van der Waals surface area contributed by atoms with Crippen LogP contribution in [0.1, 0.15) is 0 Å². The minimum absolute atomic E-state index is 0.426. The molecule has 16 valence electrons. The Morgan fingerprint density at radius 2 is 1.75 bits per heavy atom. The van der Waals surface area contributed by atoms with Gasteiger partial charge >= 0.3 is 41.5 Å². The third-order valence-electron chi connectivity index (χ3n) is 0.250. The van der Waals surface area contributed by atoms with Crippen molar-refractivity contribution in [1.82, 2.24) is 0 Å². The summed E-state index contributed by atoms with van der Waals surface area (Å²) < 4.78 is 0. The molecule has 1 fully saturated rings. The van der Waals surface area contributed by atoms with Crippen LogP contribution in [0.5, 0.6) is 0 Å². The summed E-state index contributed by atoms with van der Waals surface area (Å²) in [6.45, 7) is 0. The molecule has 0 nitrogen and oxygen atoms in total. The second-order valence-electron chi connectivity index (χ2n) is 0.625. The molecule has 1 heterocycles. The molecular weight excluding hydrogens is 132 g/mol. The Balaban J connectivity index is 2.60. The van der Waals surface area contributed by atoms with E-state index in [1.165, 1.54) is 17.1 Å². The third-order valence-corrected chi connectivity index (χ3v) is 17.3. The van der Waals surface area contributed by atoms with Crippen molar-refractivity contribution in [1.29, 1.82) is 0 Å². The number of hydrogen-bond acceptors (Lipinski definition) is 0. The summed E-state index contributed by atoms with van der Waals surface area (Å²) in [6.07, 6.45) is 0. The Morgan fingerprint density at radius 1 is 1.50 bits per heavy atom. The molecule has 1 aliphatic rings. The van der Waals surface area contributed by atoms with Gasteiger partial charge in [0.1, 0.15) is 0 Å². The van der Waals surface area contributed by atoms with E-state index in [1.807, 2.05) is 0 Å². The Hall–Kier alpha value is 1.36. The molecule has 0 unspecified atom stereocenters. The van der Waals surface area contributed by atoms with Crippen LogP contribution in [0, 0.1) is 0 Å². The molecule has 0 aliphatic carbocycles. The average molecular weight is 132 g/mol. The van der Waals surface area contributed by atoms with Crippen molar-refractivity contribution in [2.45, 2.75) is 0 Å². The van der Waals surface area contributed by atoms with Gasteiger partial charge in [-0.15, -0.1) is 0 Å². The summed E-state index contributed by atoms with van der Waals surface area (Å²) in [5.74, 6) is 0. The molecule has 1 saturated heterocycles. The van der Waals surface area contributed by atoms with Crippen LogP contribution in [-0.4, -0.2) is 22.3 Å². The van der Waals surface area contributed by atoms with E-state index in [-0.39, 0.29) is 0 Å². The van der Waals surface area contributed by atoms with Crippen LogP contribution in [0.3, 0.4) is 0 Å². The second-order valence-corrected chi connectivity index (χ2v) is 19.4. The van der Waals surface area contributed by atoms with Gasteiger partial charge in [-0.05, 0) is 0 Å². The van der Waals surface area contributed by atoms with Crippen LogP contribution in [0.2, 0.25) is 0 Å². The maximum atomic E-state index is 2.40. The normalized spacial score (nSPS) is 21.2. The molecule has 0 atom stereocenters. The van der Waals surface area contributed by atoms with Gasteiger partial charge in [0.25, 0.3) is 0 Å². The van der Waals surface area contributed by atoms with Gasteiger partial charge in [-0.1, -0.05) is 0 Å². The molecule has 0 saturated carbocycles. The molecule has 4 heavy (non-hydrogen) atoms. The van der Waals surface area contributed by atoms with Crippen LogP contribution in [0.4, 0.5) is 0 Å². The van der Waals surface area contributed by atoms with E-state index in [9.17, 15) is 0 Å². The molecular formula is Si3Ti. The zero-order valence-electron chi connectivity index (χ0n) is 2.00. The van der Waals surface area contributed by atoms with Crippen molar-refractivity contribution in [2.24, 2.45) is 0 Å². The van der Waals surface area contributed by atoms with E-state index in [2.05, 4.69) is 19.2 Å². The van der Waals surface area contributed by atoms with Gasteiger partial charge in [-0.3, -0.25) is 0 Å². The van der Waals surface area contributed by atoms with E-state index in [4.69, 9.17) is 0 Å². The Kier molecular flexibility index (Phi) is 1.08. The van der Waals surface area contributed by atoms with Gasteiger partial charge in [-0.25, -0.2) is 0 Å². The van der Waals surface area contributed by atoms with E-state index >= 15 is 0 Å². The summed E-state index contributed by atoms with van der Waals surface area (Å²) in [5, 5.41) is 0.426. The molecule has 1 aliphatic heterocycles. The predicted molar refractivity (Wildman–Crippen MR) is 17.3 cm³/mol. The first-order chi connectivity index (χ1) is 1.89. The maximum absolute atomic E-state index is 2.40. The summed E-state index contributed by atoms with van der Waals surface area (Å²) in [6, 6.07) is 0. The fourth-order valence-electron chi connectivity index (χ4n) is 0.0312. The van der Waals surface area contributed by atoms with Gasteiger partial charge in [0.2, 0.25) is 0 Å². The predicted octanol–water partition coefficient (Wildman–Crippen LogP) is -1.14. The molecule has 0 aromatic heterocycles. The average Bonchev–Trinajstić information content (AvgIpc) is 1.75. The third kappa shape index (κ3) is 0.988. The first-order valence-corrected chi connectivity index (χ1v) is 9.84. The van der Waals surface area contributed by atoms with Crippen LogP contribution < -0.4 is 0 Å². The van der Waals surface area contributed by atoms with Crippen LogP contribution in [0.15, 0.2) is 0 Å². The van der Waals surface area contributed by atoms with Crippen molar-refractivity contribution in [2.75, 3.05) is 0 Å². The monoisotopic (exact) mass is 132 g/mol. The summed E-state index contributed by atoms with van der Waals surface area (Å²) >= 11 is 2.40. The summed E-state index contributed by atoms with van der Waals surface area (Å²) in [4.78, 5) is 0. The molecule has 1 rings (SSSR count). The topological polar surface area (TPSA) is 0 Å². The molecule has 0 bridgehead atoms. The summed E-state index contributed by atoms with van der Waals surface area (Å²) in [5.41, 5.74) is 0. The molecule has 0 amide bonds. The fourth-order valence-corrected chi connectivity index (χ4v) is 10.4. The van der Waals surface area contributed by atoms with Gasteiger partial charge in [-0.2, -0.15) is 0 Å². The molecule has 4 radical (unpaired) electrons. The van der Waals surface area contributed by atoms with E-state index < -0.39 is 0 Å². The summed E-state index contributed by atoms with van der Waals surface area (Å²) in [7, 11) is 2.87. The zero-order valence-corrected chi connectivity index (χ0v) is 6.56. The van der Waals surface area contributed by atoms with Crippen molar-refractivity contribution in [3.8, 4) is 0 Å². The minimum atomic E-state index is 0.426. The fraction of sp³-hybridized carbons (Fsp3) is 0. The quantitative estimate of drug-likeness (QED) is 0.365. The van der Waals surface area contributed by atoms with Crippen LogP contribution in [0.25, 0.3) is 0 Å². The van der Waals surface area contributed by atoms with Crippen LogP contribution >= 0.6 is 0 Å².